The van der Waals surface area contributed by atoms with E-state index in [1.54, 1.807) is 11.3 Å². The number of rotatable bonds is 6. The molecule has 0 saturated heterocycles. The largest absolute Gasteiger partial charge is 0.330 e. The second kappa shape index (κ2) is 6.11. The molecule has 2 aromatic heterocycles. The number of aryl methyl sites for hydroxylation is 1. The molecule has 2 N–H and O–H groups in total. The summed E-state index contributed by atoms with van der Waals surface area (Å²) in [5.74, 6) is 0.810. The van der Waals surface area contributed by atoms with E-state index < -0.39 is 0 Å². The number of hydrogen-bond donors (Lipinski definition) is 1. The van der Waals surface area contributed by atoms with Crippen molar-refractivity contribution < 1.29 is 0 Å². The van der Waals surface area contributed by atoms with Crippen molar-refractivity contribution >= 4 is 16.3 Å². The molecule has 0 aliphatic heterocycles. The number of nitrogens with zero attached hydrogens (tertiary/aromatic N) is 4. The maximum atomic E-state index is 5.50. The lowest BCUT2D eigenvalue weighted by Crippen LogP contribution is -1.98. The Labute approximate surface area is 121 Å². The van der Waals surface area contributed by atoms with E-state index in [0.717, 1.165) is 53.6 Å². The predicted molar refractivity (Wildman–Crippen MR) is 80.7 cm³/mol. The van der Waals surface area contributed by atoms with Crippen LogP contribution in [0.25, 0.3) is 16.3 Å². The van der Waals surface area contributed by atoms with Crippen LogP contribution in [0.5, 0.6) is 0 Å². The first-order chi connectivity index (χ1) is 9.88. The predicted octanol–water partition coefficient (Wildman–Crippen LogP) is 2.52. The molecule has 3 rings (SSSR count). The fourth-order valence-electron chi connectivity index (χ4n) is 2.12. The normalized spacial score (nSPS) is 11.2. The molecule has 0 saturated carbocycles. The third-order valence-corrected chi connectivity index (χ3v) is 4.12. The van der Waals surface area contributed by atoms with Gasteiger partial charge in [-0.1, -0.05) is 48.1 Å². The van der Waals surface area contributed by atoms with Crippen LogP contribution in [0.15, 0.2) is 30.3 Å². The average Bonchev–Trinajstić information content (AvgIpc) is 3.04. The highest BCUT2D eigenvalue weighted by atomic mass is 32.1. The zero-order valence-corrected chi connectivity index (χ0v) is 12.0. The average molecular weight is 287 g/mol. The summed E-state index contributed by atoms with van der Waals surface area (Å²) >= 11 is 1.62. The molecule has 0 amide bonds. The van der Waals surface area contributed by atoms with E-state index in [0.29, 0.717) is 0 Å². The fourth-order valence-corrected chi connectivity index (χ4v) is 3.00. The highest BCUT2D eigenvalue weighted by molar-refractivity contribution is 7.16. The van der Waals surface area contributed by atoms with Gasteiger partial charge in [0.1, 0.15) is 5.01 Å². The summed E-state index contributed by atoms with van der Waals surface area (Å²) < 4.78 is 1.85. The van der Waals surface area contributed by atoms with Crippen LogP contribution in [0.4, 0.5) is 0 Å². The van der Waals surface area contributed by atoms with Crippen LogP contribution in [0.3, 0.4) is 0 Å². The van der Waals surface area contributed by atoms with E-state index in [1.165, 1.54) is 0 Å². The molecule has 0 aliphatic rings. The van der Waals surface area contributed by atoms with E-state index >= 15 is 0 Å². The van der Waals surface area contributed by atoms with Gasteiger partial charge in [0.2, 0.25) is 4.96 Å². The van der Waals surface area contributed by atoms with Gasteiger partial charge in [-0.2, -0.15) is 9.61 Å². The van der Waals surface area contributed by atoms with Gasteiger partial charge >= 0.3 is 0 Å². The van der Waals surface area contributed by atoms with Crippen LogP contribution in [0.1, 0.15) is 24.3 Å². The van der Waals surface area contributed by atoms with Crippen molar-refractivity contribution in [2.75, 3.05) is 6.54 Å². The molecular weight excluding hydrogens is 270 g/mol. The van der Waals surface area contributed by atoms with Gasteiger partial charge in [-0.3, -0.25) is 0 Å². The number of aromatic nitrogens is 4. The molecule has 0 aliphatic carbocycles. The van der Waals surface area contributed by atoms with Gasteiger partial charge in [-0.25, -0.2) is 0 Å². The van der Waals surface area contributed by atoms with E-state index in [9.17, 15) is 0 Å². The standard InChI is InChI=1S/C14H17N5S/c15-10-6-2-5-9-12-18-19-13(16-17-14(19)20-12)11-7-3-1-4-8-11/h1,3-4,7-8H,2,5-6,9-10,15H2. The van der Waals surface area contributed by atoms with Crippen LogP contribution in [-0.2, 0) is 6.42 Å². The summed E-state index contributed by atoms with van der Waals surface area (Å²) in [6.07, 6.45) is 4.35. The summed E-state index contributed by atoms with van der Waals surface area (Å²) in [4.78, 5) is 0.859. The van der Waals surface area contributed by atoms with Crippen LogP contribution in [0, 0.1) is 0 Å². The number of nitrogens with two attached hydrogens (primary N) is 1. The third-order valence-electron chi connectivity index (χ3n) is 3.16. The summed E-state index contributed by atoms with van der Waals surface area (Å²) in [5.41, 5.74) is 6.54. The first kappa shape index (κ1) is 13.2. The summed E-state index contributed by atoms with van der Waals surface area (Å²) in [7, 11) is 0. The second-order valence-corrected chi connectivity index (χ2v) is 5.72. The molecule has 0 radical (unpaired) electrons. The Kier molecular flexibility index (Phi) is 4.03. The minimum Gasteiger partial charge on any atom is -0.330 e. The molecule has 1 aromatic carbocycles. The monoisotopic (exact) mass is 287 g/mol. The molecule has 6 heteroatoms. The van der Waals surface area contributed by atoms with Crippen molar-refractivity contribution in [3.8, 4) is 11.4 Å². The number of hydrogen-bond acceptors (Lipinski definition) is 5. The van der Waals surface area contributed by atoms with Gasteiger partial charge in [-0.05, 0) is 19.4 Å². The lowest BCUT2D eigenvalue weighted by molar-refractivity contribution is 0.679. The molecule has 0 spiro atoms. The molecule has 0 atom stereocenters. The maximum Gasteiger partial charge on any atom is 0.234 e. The molecule has 0 fully saturated rings. The Morgan fingerprint density at radius 2 is 1.90 bits per heavy atom. The van der Waals surface area contributed by atoms with Gasteiger partial charge in [0.05, 0.1) is 0 Å². The van der Waals surface area contributed by atoms with E-state index in [1.807, 2.05) is 34.8 Å². The molecule has 5 nitrogen and oxygen atoms in total. The molecule has 104 valence electrons. The van der Waals surface area contributed by atoms with Crippen molar-refractivity contribution in [2.24, 2.45) is 5.73 Å². The quantitative estimate of drug-likeness (QED) is 0.707. The molecular formula is C14H17N5S. The molecule has 20 heavy (non-hydrogen) atoms. The first-order valence-electron chi connectivity index (χ1n) is 6.85. The van der Waals surface area contributed by atoms with Crippen molar-refractivity contribution in [3.63, 3.8) is 0 Å². The molecule has 0 bridgehead atoms. The smallest absolute Gasteiger partial charge is 0.234 e. The Morgan fingerprint density at radius 3 is 2.70 bits per heavy atom. The summed E-state index contributed by atoms with van der Waals surface area (Å²) in [5, 5.41) is 14.2. The van der Waals surface area contributed by atoms with Gasteiger partial charge in [0.15, 0.2) is 5.82 Å². The highest BCUT2D eigenvalue weighted by Crippen LogP contribution is 2.22. The summed E-state index contributed by atoms with van der Waals surface area (Å²) in [6.45, 7) is 0.767. The number of fused-ring (bicyclic) bond motifs is 1. The van der Waals surface area contributed by atoms with E-state index in [-0.39, 0.29) is 0 Å². The lowest BCUT2D eigenvalue weighted by Gasteiger charge is -1.96. The van der Waals surface area contributed by atoms with Gasteiger partial charge in [0, 0.05) is 12.0 Å². The molecule has 0 unspecified atom stereocenters. The lowest BCUT2D eigenvalue weighted by atomic mass is 10.2. The Balaban J connectivity index is 1.80. The van der Waals surface area contributed by atoms with Crippen molar-refractivity contribution in [1.29, 1.82) is 0 Å². The van der Waals surface area contributed by atoms with Crippen molar-refractivity contribution in [3.05, 3.63) is 35.3 Å². The zero-order chi connectivity index (χ0) is 13.8. The van der Waals surface area contributed by atoms with Crippen LogP contribution in [0.2, 0.25) is 0 Å². The van der Waals surface area contributed by atoms with Crippen molar-refractivity contribution in [1.82, 2.24) is 19.8 Å². The fraction of sp³-hybridized carbons (Fsp3) is 0.357. The molecule has 3 aromatic rings. The Bertz CT molecular complexity index is 673. The zero-order valence-electron chi connectivity index (χ0n) is 11.2. The highest BCUT2D eigenvalue weighted by Gasteiger charge is 2.12. The Morgan fingerprint density at radius 1 is 1.05 bits per heavy atom. The van der Waals surface area contributed by atoms with E-state index in [2.05, 4.69) is 15.3 Å². The number of benzene rings is 1. The third kappa shape index (κ3) is 2.71. The minimum absolute atomic E-state index is 0.767. The second-order valence-electron chi connectivity index (χ2n) is 4.68. The van der Waals surface area contributed by atoms with Crippen LogP contribution < -0.4 is 5.73 Å². The first-order valence-corrected chi connectivity index (χ1v) is 7.67. The number of unbranched alkanes of at least 4 members (excludes halogenated alkanes) is 2. The Hall–Kier alpha value is -1.79. The minimum atomic E-state index is 0.767. The maximum absolute atomic E-state index is 5.50. The van der Waals surface area contributed by atoms with Crippen LogP contribution >= 0.6 is 11.3 Å². The van der Waals surface area contributed by atoms with E-state index in [4.69, 9.17) is 5.73 Å². The van der Waals surface area contributed by atoms with Gasteiger partial charge in [-0.15, -0.1) is 10.2 Å². The van der Waals surface area contributed by atoms with Crippen molar-refractivity contribution in [2.45, 2.75) is 25.7 Å². The SMILES string of the molecule is NCCCCCc1nn2c(-c3ccccc3)nnc2s1. The summed E-state index contributed by atoms with van der Waals surface area (Å²) in [6, 6.07) is 10.0. The van der Waals surface area contributed by atoms with Crippen LogP contribution in [-0.4, -0.2) is 26.4 Å². The van der Waals surface area contributed by atoms with Gasteiger partial charge in [0.25, 0.3) is 0 Å². The topological polar surface area (TPSA) is 69.1 Å². The van der Waals surface area contributed by atoms with Gasteiger partial charge < -0.3 is 5.73 Å². The molecule has 2 heterocycles.